The number of likely N-dealkylation sites (tertiary alicyclic amines) is 1. The smallest absolute Gasteiger partial charge is 0.329 e. The van der Waals surface area contributed by atoms with E-state index in [-0.39, 0.29) is 35.3 Å². The summed E-state index contributed by atoms with van der Waals surface area (Å²) in [6.45, 7) is 6.91. The number of carbonyl (C=O) groups excluding carboxylic acids is 3. The van der Waals surface area contributed by atoms with E-state index in [1.165, 1.54) is 15.3 Å². The highest BCUT2D eigenvalue weighted by molar-refractivity contribution is 6.08. The van der Waals surface area contributed by atoms with E-state index in [1.807, 2.05) is 24.3 Å². The van der Waals surface area contributed by atoms with Gasteiger partial charge in [0.1, 0.15) is 17.4 Å². The lowest BCUT2D eigenvalue weighted by atomic mass is 9.85. The Balaban J connectivity index is 0.712. The zero-order valence-electron chi connectivity index (χ0n) is 35.6. The average molecular weight is 872 g/mol. The summed E-state index contributed by atoms with van der Waals surface area (Å²) in [5.74, 6) is 0.397. The molecule has 9 rings (SSSR count). The van der Waals surface area contributed by atoms with Crippen LogP contribution in [0.5, 0.6) is 0 Å². The number of carbonyl (C=O) groups is 3. The Bertz CT molecular complexity index is 2510. The summed E-state index contributed by atoms with van der Waals surface area (Å²) < 4.78 is 46.4. The Kier molecular flexibility index (Phi) is 12.7. The second-order valence-electron chi connectivity index (χ2n) is 17.4. The number of imide groups is 1. The highest BCUT2D eigenvalue weighted by atomic mass is 19.3. The molecule has 63 heavy (non-hydrogen) atoms. The van der Waals surface area contributed by atoms with Gasteiger partial charge in [-0.3, -0.25) is 33.5 Å². The number of hydrogen-bond donors (Lipinski definition) is 2. The lowest BCUT2D eigenvalue weighted by Gasteiger charge is -2.36. The van der Waals surface area contributed by atoms with Crippen LogP contribution < -0.4 is 21.2 Å². The van der Waals surface area contributed by atoms with Crippen LogP contribution in [-0.2, 0) is 32.5 Å². The monoisotopic (exact) mass is 871 g/mol. The molecule has 3 amide bonds. The second kappa shape index (κ2) is 18.7. The quantitative estimate of drug-likeness (QED) is 0.117. The van der Waals surface area contributed by atoms with Gasteiger partial charge in [0.05, 0.1) is 42.2 Å². The summed E-state index contributed by atoms with van der Waals surface area (Å²) in [6, 6.07) is 6.88. The molecule has 4 fully saturated rings. The van der Waals surface area contributed by atoms with Crippen LogP contribution in [0.3, 0.4) is 0 Å². The third kappa shape index (κ3) is 9.13. The van der Waals surface area contributed by atoms with Crippen LogP contribution >= 0.6 is 0 Å². The van der Waals surface area contributed by atoms with E-state index >= 15 is 0 Å². The Labute approximate surface area is 362 Å². The number of nitrogens with zero attached hydrogens (tertiary/aromatic N) is 9. The van der Waals surface area contributed by atoms with Crippen molar-refractivity contribution in [3.63, 3.8) is 0 Å². The molecular weight excluding hydrogens is 817 g/mol. The molecule has 1 aromatic carbocycles. The average Bonchev–Trinajstić information content (AvgIpc) is 3.99. The van der Waals surface area contributed by atoms with Gasteiger partial charge >= 0.3 is 5.69 Å². The predicted molar refractivity (Wildman–Crippen MR) is 229 cm³/mol. The van der Waals surface area contributed by atoms with Crippen molar-refractivity contribution >= 4 is 45.9 Å². The first kappa shape index (κ1) is 42.8. The van der Waals surface area contributed by atoms with Gasteiger partial charge in [-0.1, -0.05) is 12.1 Å². The highest BCUT2D eigenvalue weighted by Gasteiger charge is 2.33. The summed E-state index contributed by atoms with van der Waals surface area (Å²) in [5.41, 5.74) is 2.35. The van der Waals surface area contributed by atoms with Crippen molar-refractivity contribution in [3.8, 4) is 0 Å². The van der Waals surface area contributed by atoms with Crippen LogP contribution in [0.25, 0.3) is 16.7 Å². The number of nitrogens with one attached hydrogen (secondary N) is 2. The maximum absolute atomic E-state index is 14.3. The number of morpholine rings is 1. The molecule has 336 valence electrons. The molecule has 1 atom stereocenters. The van der Waals surface area contributed by atoms with Crippen molar-refractivity contribution in [2.75, 3.05) is 69.4 Å². The first-order valence-corrected chi connectivity index (χ1v) is 22.3. The zero-order chi connectivity index (χ0) is 43.6. The molecule has 4 aliphatic rings. The summed E-state index contributed by atoms with van der Waals surface area (Å²) in [7, 11) is 1.73. The normalized spacial score (nSPS) is 21.8. The number of piperidine rings is 2. The fourth-order valence-electron chi connectivity index (χ4n) is 9.89. The van der Waals surface area contributed by atoms with Crippen molar-refractivity contribution in [1.29, 1.82) is 0 Å². The number of fused-ring (bicyclic) bond motifs is 2. The number of alkyl halides is 2. The molecule has 3 saturated heterocycles. The summed E-state index contributed by atoms with van der Waals surface area (Å²) >= 11 is 0. The predicted octanol–water partition coefficient (Wildman–Crippen LogP) is 4.68. The van der Waals surface area contributed by atoms with Gasteiger partial charge in [0.25, 0.3) is 12.3 Å². The van der Waals surface area contributed by atoms with Gasteiger partial charge in [0, 0.05) is 58.7 Å². The Morgan fingerprint density at radius 1 is 1.00 bits per heavy atom. The number of anilines is 2. The van der Waals surface area contributed by atoms with Gasteiger partial charge in [0.15, 0.2) is 11.3 Å². The van der Waals surface area contributed by atoms with Crippen LogP contribution in [-0.4, -0.2) is 115 Å². The van der Waals surface area contributed by atoms with E-state index in [2.05, 4.69) is 35.6 Å². The zero-order valence-corrected chi connectivity index (χ0v) is 35.6. The fraction of sp³-hybridized carbons (Fsp3) is 0.568. The standard InChI is InChI=1S/C44H55F2N11O6/c1-52-39-30(4-2-6-34(39)57(44(52)61)35-11-12-37(58)50-43(35)60)5-3-21-63-27-29-13-16-53(17-14-29)25-28-7-9-31(10-8-28)56-26-33(38(51-56)40(45)46)48-42(59)32-24-47-55-18-15-36(49-41(32)55)54-19-22-62-23-20-54/h2,4,6,15,18,24,26,28-29,31,35,40H,3,5,7-14,16-17,19-23,25,27H2,1H3,(H,48,59)(H,50,58,60)/t28-,31-,35?. The molecule has 3 aliphatic heterocycles. The van der Waals surface area contributed by atoms with Crippen LogP contribution in [0.15, 0.2) is 47.7 Å². The maximum atomic E-state index is 14.3. The number of hydrogen-bond acceptors (Lipinski definition) is 11. The number of ether oxygens (including phenoxy) is 2. The Hall–Kier alpha value is -5.53. The first-order valence-electron chi connectivity index (χ1n) is 22.3. The van der Waals surface area contributed by atoms with E-state index in [1.54, 1.807) is 28.7 Å². The lowest BCUT2D eigenvalue weighted by molar-refractivity contribution is -0.135. The molecular formula is C44H55F2N11O6. The van der Waals surface area contributed by atoms with Crippen molar-refractivity contribution in [3.05, 3.63) is 70.2 Å². The summed E-state index contributed by atoms with van der Waals surface area (Å²) in [4.78, 5) is 60.3. The summed E-state index contributed by atoms with van der Waals surface area (Å²) in [5, 5.41) is 13.6. The third-order valence-electron chi connectivity index (χ3n) is 13.4. The number of halogens is 2. The van der Waals surface area contributed by atoms with E-state index in [9.17, 15) is 28.0 Å². The lowest BCUT2D eigenvalue weighted by Crippen LogP contribution is -2.44. The van der Waals surface area contributed by atoms with Gasteiger partial charge in [-0.25, -0.2) is 23.1 Å². The van der Waals surface area contributed by atoms with E-state index in [0.717, 1.165) is 82.1 Å². The molecule has 1 aliphatic carbocycles. The van der Waals surface area contributed by atoms with E-state index < -0.39 is 30.0 Å². The van der Waals surface area contributed by atoms with E-state index in [4.69, 9.17) is 9.47 Å². The number of aromatic nitrogens is 7. The van der Waals surface area contributed by atoms with Gasteiger partial charge in [-0.15, -0.1) is 0 Å². The molecule has 17 nitrogen and oxygen atoms in total. The van der Waals surface area contributed by atoms with Gasteiger partial charge in [0.2, 0.25) is 11.8 Å². The van der Waals surface area contributed by atoms with Crippen LogP contribution in [0, 0.1) is 11.8 Å². The van der Waals surface area contributed by atoms with E-state index in [0.29, 0.717) is 74.8 Å². The molecule has 19 heteroatoms. The number of aryl methyl sites for hydroxylation is 2. The second-order valence-corrected chi connectivity index (χ2v) is 17.4. The minimum absolute atomic E-state index is 0.00219. The number of benzene rings is 1. The van der Waals surface area contributed by atoms with Gasteiger partial charge in [-0.05, 0) is 100 Å². The van der Waals surface area contributed by atoms with Crippen molar-refractivity contribution in [2.45, 2.75) is 82.7 Å². The van der Waals surface area contributed by atoms with Crippen LogP contribution in [0.4, 0.5) is 20.3 Å². The molecule has 4 aromatic heterocycles. The number of rotatable bonds is 14. The molecule has 0 radical (unpaired) electrons. The number of imidazole rings is 1. The Morgan fingerprint density at radius 2 is 1.79 bits per heavy atom. The first-order chi connectivity index (χ1) is 30.6. The molecule has 2 N–H and O–H groups in total. The minimum atomic E-state index is -2.85. The van der Waals surface area contributed by atoms with Crippen molar-refractivity contribution < 1.29 is 32.6 Å². The Morgan fingerprint density at radius 3 is 2.56 bits per heavy atom. The molecule has 1 saturated carbocycles. The van der Waals surface area contributed by atoms with Gasteiger partial charge in [-0.2, -0.15) is 10.2 Å². The largest absolute Gasteiger partial charge is 0.381 e. The topological polar surface area (TPSA) is 175 Å². The number of para-hydroxylation sites is 1. The molecule has 5 aromatic rings. The third-order valence-corrected chi connectivity index (χ3v) is 13.4. The minimum Gasteiger partial charge on any atom is -0.381 e. The molecule has 1 unspecified atom stereocenters. The molecule has 7 heterocycles. The van der Waals surface area contributed by atoms with Crippen molar-refractivity contribution in [1.82, 2.24) is 43.7 Å². The van der Waals surface area contributed by atoms with Crippen molar-refractivity contribution in [2.24, 2.45) is 18.9 Å². The van der Waals surface area contributed by atoms with Gasteiger partial charge < -0.3 is 24.6 Å². The maximum Gasteiger partial charge on any atom is 0.329 e. The summed E-state index contributed by atoms with van der Waals surface area (Å²) in [6.07, 6.45) is 9.61. The molecule has 0 bridgehead atoms. The highest BCUT2D eigenvalue weighted by Crippen LogP contribution is 2.36. The van der Waals surface area contributed by atoms with Crippen LogP contribution in [0.1, 0.15) is 97.9 Å². The SMILES string of the molecule is Cn1c(=O)n(C2CCC(=O)NC2=O)c2cccc(CCCOCC3CCN(C[C@H]4CC[C@H](n5cc(NC(=O)c6cnn7ccc(N8CCOCC8)nc67)c(C(F)F)n5)CC4)CC3)c21. The number of amides is 3. The fourth-order valence-corrected chi connectivity index (χ4v) is 9.89. The molecule has 0 spiro atoms. The van der Waals surface area contributed by atoms with Crippen LogP contribution in [0.2, 0.25) is 0 Å².